The minimum Gasteiger partial charge on any atom is -0.0833 e. The van der Waals surface area contributed by atoms with E-state index < -0.39 is 3.79 Å². The molecular formula is C8H13Cl3. The molecule has 0 rings (SSSR count). The zero-order valence-corrected chi connectivity index (χ0v) is 9.10. The van der Waals surface area contributed by atoms with Crippen LogP contribution >= 0.6 is 34.8 Å². The first-order chi connectivity index (χ1) is 4.95. The predicted molar refractivity (Wildman–Crippen MR) is 53.6 cm³/mol. The van der Waals surface area contributed by atoms with E-state index >= 15 is 0 Å². The third kappa shape index (κ3) is 8.52. The minimum absolute atomic E-state index is 0.503. The maximum Gasteiger partial charge on any atom is 0.194 e. The molecule has 0 aliphatic carbocycles. The molecule has 0 aliphatic rings. The van der Waals surface area contributed by atoms with Gasteiger partial charge in [-0.3, -0.25) is 0 Å². The van der Waals surface area contributed by atoms with Crippen LogP contribution in [0, 0.1) is 0 Å². The van der Waals surface area contributed by atoms with E-state index in [0.717, 1.165) is 12.8 Å². The predicted octanol–water partition coefficient (Wildman–Crippen LogP) is 4.49. The van der Waals surface area contributed by atoms with Crippen LogP contribution in [0.3, 0.4) is 0 Å². The summed E-state index contributed by atoms with van der Waals surface area (Å²) < 4.78 is -1.13. The average Bonchev–Trinajstić information content (AvgIpc) is 1.83. The highest BCUT2D eigenvalue weighted by Crippen LogP contribution is 2.30. The van der Waals surface area contributed by atoms with Gasteiger partial charge in [0.1, 0.15) is 0 Å². The zero-order valence-electron chi connectivity index (χ0n) is 6.83. The van der Waals surface area contributed by atoms with Gasteiger partial charge < -0.3 is 0 Å². The summed E-state index contributed by atoms with van der Waals surface area (Å²) in [5.41, 5.74) is 1.29. The molecule has 0 saturated heterocycles. The largest absolute Gasteiger partial charge is 0.194 e. The van der Waals surface area contributed by atoms with Gasteiger partial charge in [0.05, 0.1) is 0 Å². The lowest BCUT2D eigenvalue weighted by atomic mass is 10.1. The molecule has 11 heavy (non-hydrogen) atoms. The fourth-order valence-electron chi connectivity index (χ4n) is 0.786. The molecule has 0 spiro atoms. The number of hydrogen-bond acceptors (Lipinski definition) is 0. The van der Waals surface area contributed by atoms with E-state index in [2.05, 4.69) is 13.8 Å². The van der Waals surface area contributed by atoms with Crippen molar-refractivity contribution in [2.24, 2.45) is 0 Å². The number of halogens is 3. The molecule has 0 aromatic rings. The van der Waals surface area contributed by atoms with Gasteiger partial charge >= 0.3 is 0 Å². The second-order valence-electron chi connectivity index (χ2n) is 2.62. The standard InChI is InChI=1S/C8H13Cl3/c1-3-4-7(2)5-6-8(9,10)11/h5H,3-4,6H2,1-2H3. The minimum atomic E-state index is -1.13. The molecule has 0 saturated carbocycles. The topological polar surface area (TPSA) is 0 Å². The normalized spacial score (nSPS) is 13.7. The molecule has 66 valence electrons. The Balaban J connectivity index is 3.73. The third-order valence-electron chi connectivity index (χ3n) is 1.33. The molecule has 3 heteroatoms. The molecule has 0 aliphatic heterocycles. The summed E-state index contributed by atoms with van der Waals surface area (Å²) in [5.74, 6) is 0. The van der Waals surface area contributed by atoms with Gasteiger partial charge in [0.2, 0.25) is 0 Å². The van der Waals surface area contributed by atoms with Gasteiger partial charge in [-0.1, -0.05) is 59.8 Å². The van der Waals surface area contributed by atoms with Gasteiger partial charge in [0, 0.05) is 6.42 Å². The van der Waals surface area contributed by atoms with Crippen molar-refractivity contribution in [1.29, 1.82) is 0 Å². The Labute approximate surface area is 83.5 Å². The van der Waals surface area contributed by atoms with Crippen molar-refractivity contribution in [2.45, 2.75) is 36.9 Å². The van der Waals surface area contributed by atoms with Crippen molar-refractivity contribution in [1.82, 2.24) is 0 Å². The lowest BCUT2D eigenvalue weighted by Crippen LogP contribution is -1.98. The van der Waals surface area contributed by atoms with Gasteiger partial charge in [-0.15, -0.1) is 0 Å². The molecule has 0 fully saturated rings. The Hall–Kier alpha value is 0.610. The number of hydrogen-bond donors (Lipinski definition) is 0. The van der Waals surface area contributed by atoms with Gasteiger partial charge in [0.25, 0.3) is 0 Å². The summed E-state index contributed by atoms with van der Waals surface area (Å²) in [4.78, 5) is 0. The van der Waals surface area contributed by atoms with Crippen LogP contribution in [0.1, 0.15) is 33.1 Å². The smallest absolute Gasteiger partial charge is 0.0833 e. The summed E-state index contributed by atoms with van der Waals surface area (Å²) in [6, 6.07) is 0. The molecule has 0 N–H and O–H groups in total. The van der Waals surface area contributed by atoms with Gasteiger partial charge in [-0.25, -0.2) is 0 Å². The first-order valence-corrected chi connectivity index (χ1v) is 4.81. The van der Waals surface area contributed by atoms with E-state index in [-0.39, 0.29) is 0 Å². The Kier molecular flexibility index (Phi) is 5.58. The van der Waals surface area contributed by atoms with Gasteiger partial charge in [0.15, 0.2) is 3.79 Å². The summed E-state index contributed by atoms with van der Waals surface area (Å²) in [5, 5.41) is 0. The van der Waals surface area contributed by atoms with Crippen molar-refractivity contribution in [2.75, 3.05) is 0 Å². The molecular weight excluding hydrogens is 202 g/mol. The molecule has 0 aromatic heterocycles. The fraction of sp³-hybridized carbons (Fsp3) is 0.750. The summed E-state index contributed by atoms with van der Waals surface area (Å²) >= 11 is 16.7. The van der Waals surface area contributed by atoms with Crippen molar-refractivity contribution >= 4 is 34.8 Å². The second-order valence-corrected chi connectivity index (χ2v) is 5.14. The lowest BCUT2D eigenvalue weighted by molar-refractivity contribution is 0.890. The SMILES string of the molecule is CCCC(C)=CCC(Cl)(Cl)Cl. The van der Waals surface area contributed by atoms with Gasteiger partial charge in [-0.05, 0) is 13.3 Å². The number of allylic oxidation sites excluding steroid dienone is 2. The fourth-order valence-corrected chi connectivity index (χ4v) is 1.02. The summed E-state index contributed by atoms with van der Waals surface area (Å²) in [6.07, 6.45) is 4.71. The summed E-state index contributed by atoms with van der Waals surface area (Å²) in [7, 11) is 0. The molecule has 0 atom stereocenters. The molecule has 0 amide bonds. The maximum absolute atomic E-state index is 5.56. The van der Waals surface area contributed by atoms with Crippen LogP contribution in [-0.4, -0.2) is 3.79 Å². The summed E-state index contributed by atoms with van der Waals surface area (Å²) in [6.45, 7) is 4.19. The maximum atomic E-state index is 5.56. The quantitative estimate of drug-likeness (QED) is 0.481. The van der Waals surface area contributed by atoms with E-state index in [0.29, 0.717) is 6.42 Å². The van der Waals surface area contributed by atoms with Crippen LogP contribution in [0.2, 0.25) is 0 Å². The second kappa shape index (κ2) is 5.29. The Morgan fingerprint density at radius 1 is 1.36 bits per heavy atom. The van der Waals surface area contributed by atoms with Crippen molar-refractivity contribution in [3.05, 3.63) is 11.6 Å². The number of alkyl halides is 3. The Morgan fingerprint density at radius 3 is 2.27 bits per heavy atom. The highest BCUT2D eigenvalue weighted by atomic mass is 35.6. The first kappa shape index (κ1) is 11.6. The number of rotatable bonds is 3. The molecule has 0 aromatic carbocycles. The van der Waals surface area contributed by atoms with Crippen LogP contribution in [0.25, 0.3) is 0 Å². The molecule has 0 unspecified atom stereocenters. The van der Waals surface area contributed by atoms with Crippen LogP contribution in [0.5, 0.6) is 0 Å². The van der Waals surface area contributed by atoms with Crippen LogP contribution in [0.4, 0.5) is 0 Å². The van der Waals surface area contributed by atoms with Crippen LogP contribution < -0.4 is 0 Å². The molecule has 0 heterocycles. The van der Waals surface area contributed by atoms with Gasteiger partial charge in [-0.2, -0.15) is 0 Å². The van der Waals surface area contributed by atoms with E-state index in [1.807, 2.05) is 6.08 Å². The molecule has 0 nitrogen and oxygen atoms in total. The van der Waals surface area contributed by atoms with Crippen LogP contribution in [-0.2, 0) is 0 Å². The van der Waals surface area contributed by atoms with Crippen molar-refractivity contribution < 1.29 is 0 Å². The van der Waals surface area contributed by atoms with E-state index in [1.165, 1.54) is 5.57 Å². The molecule has 0 bridgehead atoms. The molecule has 0 radical (unpaired) electrons. The Bertz CT molecular complexity index is 133. The zero-order chi connectivity index (χ0) is 8.91. The third-order valence-corrected chi connectivity index (χ3v) is 1.79. The van der Waals surface area contributed by atoms with Crippen LogP contribution in [0.15, 0.2) is 11.6 Å². The monoisotopic (exact) mass is 214 g/mol. The van der Waals surface area contributed by atoms with E-state index in [1.54, 1.807) is 0 Å². The Morgan fingerprint density at radius 2 is 1.91 bits per heavy atom. The van der Waals surface area contributed by atoms with Crippen molar-refractivity contribution in [3.63, 3.8) is 0 Å². The lowest BCUT2D eigenvalue weighted by Gasteiger charge is -2.07. The first-order valence-electron chi connectivity index (χ1n) is 3.68. The van der Waals surface area contributed by atoms with Crippen molar-refractivity contribution in [3.8, 4) is 0 Å². The van der Waals surface area contributed by atoms with E-state index in [4.69, 9.17) is 34.8 Å². The highest BCUT2D eigenvalue weighted by Gasteiger charge is 2.16. The average molecular weight is 216 g/mol. The van der Waals surface area contributed by atoms with E-state index in [9.17, 15) is 0 Å². The highest BCUT2D eigenvalue weighted by molar-refractivity contribution is 6.67.